The third-order valence-corrected chi connectivity index (χ3v) is 3.10. The molecule has 1 heterocycles. The molecule has 2 N–H and O–H groups in total. The van der Waals surface area contributed by atoms with E-state index >= 15 is 0 Å². The number of nitrogens with one attached hydrogen (secondary N) is 1. The molecule has 106 valence electrons. The molecule has 0 aromatic rings. The summed E-state index contributed by atoms with van der Waals surface area (Å²) < 4.78 is 0. The van der Waals surface area contributed by atoms with E-state index in [0.717, 1.165) is 26.2 Å². The molecule has 0 saturated carbocycles. The molecule has 0 aliphatic carbocycles. The summed E-state index contributed by atoms with van der Waals surface area (Å²) in [7, 11) is 5.35. The first-order valence-electron chi connectivity index (χ1n) is 6.49. The molecular formula is C12H26N4O2. The predicted molar refractivity (Wildman–Crippen MR) is 71.5 cm³/mol. The Kier molecular flexibility index (Phi) is 6.56. The molecule has 1 saturated heterocycles. The van der Waals surface area contributed by atoms with Crippen LogP contribution in [0.15, 0.2) is 0 Å². The molecular weight excluding hydrogens is 232 g/mol. The van der Waals surface area contributed by atoms with Gasteiger partial charge in [-0.25, -0.2) is 0 Å². The number of likely N-dealkylation sites (N-methyl/N-ethyl adjacent to an activating group) is 2. The van der Waals surface area contributed by atoms with Crippen LogP contribution in [-0.4, -0.2) is 98.8 Å². The Morgan fingerprint density at radius 1 is 1.33 bits per heavy atom. The van der Waals surface area contributed by atoms with Crippen molar-refractivity contribution < 1.29 is 9.90 Å². The van der Waals surface area contributed by atoms with Crippen LogP contribution in [0, 0.1) is 0 Å². The van der Waals surface area contributed by atoms with E-state index in [2.05, 4.69) is 10.2 Å². The van der Waals surface area contributed by atoms with E-state index in [9.17, 15) is 9.90 Å². The van der Waals surface area contributed by atoms with E-state index < -0.39 is 6.10 Å². The summed E-state index contributed by atoms with van der Waals surface area (Å²) in [4.78, 5) is 17.2. The number of rotatable bonds is 6. The maximum atomic E-state index is 11.5. The van der Waals surface area contributed by atoms with Crippen molar-refractivity contribution in [2.45, 2.75) is 6.10 Å². The highest BCUT2D eigenvalue weighted by Crippen LogP contribution is 1.98. The molecule has 1 amide bonds. The molecule has 1 aliphatic heterocycles. The molecule has 0 aromatic heterocycles. The van der Waals surface area contributed by atoms with Gasteiger partial charge in [0, 0.05) is 53.4 Å². The van der Waals surface area contributed by atoms with Crippen LogP contribution in [0.1, 0.15) is 0 Å². The minimum absolute atomic E-state index is 0.0619. The SMILES string of the molecule is CN(CC(=O)N(C)C)CC(O)CN1CCNCC1. The normalized spacial score (nSPS) is 18.9. The van der Waals surface area contributed by atoms with Crippen LogP contribution in [0.5, 0.6) is 0 Å². The monoisotopic (exact) mass is 258 g/mol. The number of piperazine rings is 1. The Balaban J connectivity index is 2.21. The Bertz CT molecular complexity index is 254. The number of aliphatic hydroxyl groups is 1. The van der Waals surface area contributed by atoms with Crippen molar-refractivity contribution in [1.82, 2.24) is 20.0 Å². The maximum Gasteiger partial charge on any atom is 0.236 e. The number of hydrogen-bond donors (Lipinski definition) is 2. The zero-order valence-corrected chi connectivity index (χ0v) is 11.7. The van der Waals surface area contributed by atoms with Crippen LogP contribution in [0.4, 0.5) is 0 Å². The van der Waals surface area contributed by atoms with Gasteiger partial charge < -0.3 is 15.3 Å². The Morgan fingerprint density at radius 2 is 1.94 bits per heavy atom. The summed E-state index contributed by atoms with van der Waals surface area (Å²) >= 11 is 0. The van der Waals surface area contributed by atoms with Crippen LogP contribution in [0.2, 0.25) is 0 Å². The number of hydrogen-bond acceptors (Lipinski definition) is 5. The van der Waals surface area contributed by atoms with Crippen LogP contribution in [0.3, 0.4) is 0 Å². The van der Waals surface area contributed by atoms with Crippen molar-refractivity contribution in [2.75, 3.05) is 67.0 Å². The molecule has 6 nitrogen and oxygen atoms in total. The summed E-state index contributed by atoms with van der Waals surface area (Å²) in [5.41, 5.74) is 0. The van der Waals surface area contributed by atoms with E-state index in [1.54, 1.807) is 19.0 Å². The second-order valence-corrected chi connectivity index (χ2v) is 5.19. The molecule has 1 aliphatic rings. The quantitative estimate of drug-likeness (QED) is 0.593. The minimum atomic E-state index is -0.400. The molecule has 6 heteroatoms. The highest BCUT2D eigenvalue weighted by Gasteiger charge is 2.17. The molecule has 1 atom stereocenters. The number of nitrogens with zero attached hydrogens (tertiary/aromatic N) is 3. The molecule has 0 bridgehead atoms. The second-order valence-electron chi connectivity index (χ2n) is 5.19. The van der Waals surface area contributed by atoms with Crippen molar-refractivity contribution in [3.63, 3.8) is 0 Å². The number of carbonyl (C=O) groups excluding carboxylic acids is 1. The average Bonchev–Trinajstić information content (AvgIpc) is 2.29. The van der Waals surface area contributed by atoms with Gasteiger partial charge in [0.15, 0.2) is 0 Å². The van der Waals surface area contributed by atoms with Crippen molar-refractivity contribution in [1.29, 1.82) is 0 Å². The Morgan fingerprint density at radius 3 is 2.50 bits per heavy atom. The smallest absolute Gasteiger partial charge is 0.236 e. The highest BCUT2D eigenvalue weighted by molar-refractivity contribution is 5.77. The fourth-order valence-corrected chi connectivity index (χ4v) is 2.05. The van der Waals surface area contributed by atoms with E-state index in [4.69, 9.17) is 0 Å². The summed E-state index contributed by atoms with van der Waals surface area (Å²) in [5.74, 6) is 0.0619. The average molecular weight is 258 g/mol. The third kappa shape index (κ3) is 5.77. The van der Waals surface area contributed by atoms with Crippen molar-refractivity contribution in [2.24, 2.45) is 0 Å². The van der Waals surface area contributed by atoms with Gasteiger partial charge in [-0.1, -0.05) is 0 Å². The van der Waals surface area contributed by atoms with Gasteiger partial charge in [0.2, 0.25) is 5.91 Å². The first-order valence-corrected chi connectivity index (χ1v) is 6.49. The molecule has 0 radical (unpaired) electrons. The fraction of sp³-hybridized carbons (Fsp3) is 0.917. The van der Waals surface area contributed by atoms with Crippen molar-refractivity contribution in [3.05, 3.63) is 0 Å². The Labute approximate surface area is 110 Å². The number of carbonyl (C=O) groups is 1. The lowest BCUT2D eigenvalue weighted by Crippen LogP contribution is -2.48. The third-order valence-electron chi connectivity index (χ3n) is 3.10. The van der Waals surface area contributed by atoms with Gasteiger partial charge in [-0.2, -0.15) is 0 Å². The van der Waals surface area contributed by atoms with Gasteiger partial charge in [-0.15, -0.1) is 0 Å². The lowest BCUT2D eigenvalue weighted by Gasteiger charge is -2.30. The van der Waals surface area contributed by atoms with Gasteiger partial charge in [-0.05, 0) is 7.05 Å². The first-order chi connectivity index (χ1) is 8.49. The van der Waals surface area contributed by atoms with Gasteiger partial charge in [0.1, 0.15) is 0 Å². The zero-order chi connectivity index (χ0) is 13.5. The van der Waals surface area contributed by atoms with E-state index in [0.29, 0.717) is 19.6 Å². The summed E-state index contributed by atoms with van der Waals surface area (Å²) in [6.45, 7) is 5.51. The first kappa shape index (κ1) is 15.4. The van der Waals surface area contributed by atoms with Crippen LogP contribution in [-0.2, 0) is 4.79 Å². The van der Waals surface area contributed by atoms with Gasteiger partial charge in [0.25, 0.3) is 0 Å². The van der Waals surface area contributed by atoms with Gasteiger partial charge in [0.05, 0.1) is 12.6 Å². The molecule has 1 unspecified atom stereocenters. The number of amides is 1. The van der Waals surface area contributed by atoms with Crippen LogP contribution in [0.25, 0.3) is 0 Å². The molecule has 1 rings (SSSR count). The largest absolute Gasteiger partial charge is 0.390 e. The summed E-state index contributed by atoms with van der Waals surface area (Å²) in [5, 5.41) is 13.3. The number of β-amino-alcohol motifs (C(OH)–C–C–N with tert-alkyl or cyclic N) is 1. The predicted octanol–water partition coefficient (Wildman–Crippen LogP) is -1.73. The molecule has 18 heavy (non-hydrogen) atoms. The second kappa shape index (κ2) is 7.68. The van der Waals surface area contributed by atoms with Crippen LogP contribution < -0.4 is 5.32 Å². The van der Waals surface area contributed by atoms with Gasteiger partial charge in [-0.3, -0.25) is 14.6 Å². The van der Waals surface area contributed by atoms with E-state index in [1.807, 2.05) is 11.9 Å². The van der Waals surface area contributed by atoms with Crippen molar-refractivity contribution in [3.8, 4) is 0 Å². The zero-order valence-electron chi connectivity index (χ0n) is 11.7. The lowest BCUT2D eigenvalue weighted by molar-refractivity contribution is -0.129. The highest BCUT2D eigenvalue weighted by atomic mass is 16.3. The molecule has 0 aromatic carbocycles. The summed E-state index contributed by atoms with van der Waals surface area (Å²) in [6.07, 6.45) is -0.400. The van der Waals surface area contributed by atoms with E-state index in [1.165, 1.54) is 0 Å². The standard InChI is InChI=1S/C12H26N4O2/c1-14(2)12(18)10-15(3)8-11(17)9-16-6-4-13-5-7-16/h11,13,17H,4-10H2,1-3H3. The lowest BCUT2D eigenvalue weighted by atomic mass is 10.2. The van der Waals surface area contributed by atoms with Crippen molar-refractivity contribution >= 4 is 5.91 Å². The fourth-order valence-electron chi connectivity index (χ4n) is 2.05. The van der Waals surface area contributed by atoms with E-state index in [-0.39, 0.29) is 5.91 Å². The minimum Gasteiger partial charge on any atom is -0.390 e. The summed E-state index contributed by atoms with van der Waals surface area (Å²) in [6, 6.07) is 0. The van der Waals surface area contributed by atoms with Crippen LogP contribution >= 0.6 is 0 Å². The number of aliphatic hydroxyl groups excluding tert-OH is 1. The molecule has 0 spiro atoms. The van der Waals surface area contributed by atoms with Gasteiger partial charge >= 0.3 is 0 Å². The maximum absolute atomic E-state index is 11.5. The topological polar surface area (TPSA) is 59.1 Å². The molecule has 1 fully saturated rings. The Hall–Kier alpha value is -0.690.